The van der Waals surface area contributed by atoms with Crippen molar-refractivity contribution in [3.05, 3.63) is 0 Å². The standard InChI is InChI=1S/C14H28N2O3/c1-11(2)12(3)15-14(18)10-16-6-4-13(5-7-16)19-9-8-17/h11-13,17H,4-10H2,1-3H3,(H,15,18). The van der Waals surface area contributed by atoms with Crippen LogP contribution in [0.25, 0.3) is 0 Å². The Labute approximate surface area is 116 Å². The van der Waals surface area contributed by atoms with E-state index in [1.165, 1.54) is 0 Å². The van der Waals surface area contributed by atoms with Crippen LogP contribution in [0.1, 0.15) is 33.6 Å². The molecule has 0 radical (unpaired) electrons. The van der Waals surface area contributed by atoms with E-state index >= 15 is 0 Å². The maximum Gasteiger partial charge on any atom is 0.234 e. The molecule has 2 N–H and O–H groups in total. The van der Waals surface area contributed by atoms with Crippen LogP contribution in [0.4, 0.5) is 0 Å². The van der Waals surface area contributed by atoms with Gasteiger partial charge in [0.2, 0.25) is 5.91 Å². The molecule has 19 heavy (non-hydrogen) atoms. The molecule has 0 aromatic rings. The smallest absolute Gasteiger partial charge is 0.234 e. The molecule has 0 spiro atoms. The summed E-state index contributed by atoms with van der Waals surface area (Å²) in [6.07, 6.45) is 2.11. The third-order valence-corrected chi connectivity index (χ3v) is 3.74. The summed E-state index contributed by atoms with van der Waals surface area (Å²) in [5, 5.41) is 11.7. The van der Waals surface area contributed by atoms with Gasteiger partial charge < -0.3 is 15.2 Å². The molecule has 112 valence electrons. The lowest BCUT2D eigenvalue weighted by molar-refractivity contribution is -0.123. The molecule has 5 heteroatoms. The molecule has 1 saturated heterocycles. The highest BCUT2D eigenvalue weighted by Crippen LogP contribution is 2.13. The van der Waals surface area contributed by atoms with E-state index in [0.717, 1.165) is 25.9 Å². The molecule has 1 atom stereocenters. The molecular formula is C14H28N2O3. The highest BCUT2D eigenvalue weighted by Gasteiger charge is 2.21. The number of carbonyl (C=O) groups is 1. The van der Waals surface area contributed by atoms with Crippen LogP contribution in [0.15, 0.2) is 0 Å². The Hall–Kier alpha value is -0.650. The summed E-state index contributed by atoms with van der Waals surface area (Å²) < 4.78 is 5.50. The Morgan fingerprint density at radius 2 is 2.00 bits per heavy atom. The summed E-state index contributed by atoms with van der Waals surface area (Å²) in [6, 6.07) is 0.220. The van der Waals surface area contributed by atoms with Crippen molar-refractivity contribution in [1.82, 2.24) is 10.2 Å². The van der Waals surface area contributed by atoms with Crippen molar-refractivity contribution in [2.45, 2.75) is 45.8 Å². The molecule has 0 saturated carbocycles. The molecule has 0 aliphatic carbocycles. The van der Waals surface area contributed by atoms with Crippen LogP contribution in [0.5, 0.6) is 0 Å². The Bertz CT molecular complexity index is 263. The third kappa shape index (κ3) is 6.36. The van der Waals surface area contributed by atoms with Crippen LogP contribution in [0, 0.1) is 5.92 Å². The second kappa shape index (κ2) is 8.51. The van der Waals surface area contributed by atoms with Gasteiger partial charge in [-0.15, -0.1) is 0 Å². The number of rotatable bonds is 7. The number of amides is 1. The van der Waals surface area contributed by atoms with Crippen molar-refractivity contribution in [3.8, 4) is 0 Å². The SMILES string of the molecule is CC(C)C(C)NC(=O)CN1CCC(OCCO)CC1. The van der Waals surface area contributed by atoms with Crippen molar-refractivity contribution in [2.75, 3.05) is 32.8 Å². The number of hydrogen-bond donors (Lipinski definition) is 2. The number of hydrogen-bond acceptors (Lipinski definition) is 4. The van der Waals surface area contributed by atoms with Crippen LogP contribution in [-0.2, 0) is 9.53 Å². The lowest BCUT2D eigenvalue weighted by Crippen LogP contribution is -2.46. The molecule has 1 rings (SSSR count). The summed E-state index contributed by atoms with van der Waals surface area (Å²) in [6.45, 7) is 9.00. The highest BCUT2D eigenvalue weighted by molar-refractivity contribution is 5.78. The molecular weight excluding hydrogens is 244 g/mol. The van der Waals surface area contributed by atoms with Gasteiger partial charge in [0.05, 0.1) is 25.9 Å². The van der Waals surface area contributed by atoms with E-state index in [1.807, 2.05) is 6.92 Å². The minimum absolute atomic E-state index is 0.0791. The first kappa shape index (κ1) is 16.4. The Kier molecular flexibility index (Phi) is 7.34. The number of nitrogens with one attached hydrogen (secondary N) is 1. The summed E-state index contributed by atoms with van der Waals surface area (Å²) in [4.78, 5) is 14.0. The second-order valence-electron chi connectivity index (χ2n) is 5.67. The quantitative estimate of drug-likeness (QED) is 0.713. The maximum absolute atomic E-state index is 11.9. The predicted octanol–water partition coefficient (Wildman–Crippen LogP) is 0.620. The average molecular weight is 272 g/mol. The maximum atomic E-state index is 11.9. The molecule has 1 fully saturated rings. The minimum Gasteiger partial charge on any atom is -0.394 e. The van der Waals surface area contributed by atoms with Crippen LogP contribution >= 0.6 is 0 Å². The monoisotopic (exact) mass is 272 g/mol. The molecule has 0 bridgehead atoms. The highest BCUT2D eigenvalue weighted by atomic mass is 16.5. The lowest BCUT2D eigenvalue weighted by Gasteiger charge is -2.31. The first-order valence-corrected chi connectivity index (χ1v) is 7.27. The van der Waals surface area contributed by atoms with Crippen molar-refractivity contribution >= 4 is 5.91 Å². The minimum atomic E-state index is 0.0791. The summed E-state index contributed by atoms with van der Waals surface area (Å²) in [5.41, 5.74) is 0. The number of aliphatic hydroxyl groups excluding tert-OH is 1. The molecule has 1 unspecified atom stereocenters. The van der Waals surface area contributed by atoms with Gasteiger partial charge in [-0.3, -0.25) is 9.69 Å². The first-order valence-electron chi connectivity index (χ1n) is 7.27. The topological polar surface area (TPSA) is 61.8 Å². The van der Waals surface area contributed by atoms with Crippen LogP contribution in [0.2, 0.25) is 0 Å². The van der Waals surface area contributed by atoms with Crippen molar-refractivity contribution < 1.29 is 14.6 Å². The number of piperidine rings is 1. The fraction of sp³-hybridized carbons (Fsp3) is 0.929. The number of aliphatic hydroxyl groups is 1. The van der Waals surface area contributed by atoms with Gasteiger partial charge in [-0.25, -0.2) is 0 Å². The second-order valence-corrected chi connectivity index (χ2v) is 5.67. The number of nitrogens with zero attached hydrogens (tertiary/aromatic N) is 1. The van der Waals surface area contributed by atoms with E-state index in [4.69, 9.17) is 9.84 Å². The van der Waals surface area contributed by atoms with E-state index in [0.29, 0.717) is 19.1 Å². The van der Waals surface area contributed by atoms with Crippen molar-refractivity contribution in [2.24, 2.45) is 5.92 Å². The van der Waals surface area contributed by atoms with Gasteiger partial charge in [-0.1, -0.05) is 13.8 Å². The van der Waals surface area contributed by atoms with Crippen molar-refractivity contribution in [1.29, 1.82) is 0 Å². The Balaban J connectivity index is 2.19. The molecule has 0 aromatic heterocycles. The van der Waals surface area contributed by atoms with Gasteiger partial charge in [-0.2, -0.15) is 0 Å². The predicted molar refractivity (Wildman–Crippen MR) is 74.9 cm³/mol. The molecule has 1 heterocycles. The number of likely N-dealkylation sites (tertiary alicyclic amines) is 1. The molecule has 5 nitrogen and oxygen atoms in total. The summed E-state index contributed by atoms with van der Waals surface area (Å²) >= 11 is 0. The average Bonchev–Trinajstić information content (AvgIpc) is 2.37. The largest absolute Gasteiger partial charge is 0.394 e. The summed E-state index contributed by atoms with van der Waals surface area (Å²) in [5.74, 6) is 0.567. The van der Waals surface area contributed by atoms with Crippen LogP contribution in [0.3, 0.4) is 0 Å². The van der Waals surface area contributed by atoms with Gasteiger partial charge in [0.15, 0.2) is 0 Å². The van der Waals surface area contributed by atoms with Crippen LogP contribution in [-0.4, -0.2) is 60.9 Å². The Morgan fingerprint density at radius 1 is 1.37 bits per heavy atom. The van der Waals surface area contributed by atoms with E-state index in [9.17, 15) is 4.79 Å². The number of ether oxygens (including phenoxy) is 1. The molecule has 1 amide bonds. The summed E-state index contributed by atoms with van der Waals surface area (Å²) in [7, 11) is 0. The molecule has 1 aliphatic heterocycles. The van der Waals surface area contributed by atoms with E-state index in [1.54, 1.807) is 0 Å². The Morgan fingerprint density at radius 3 is 2.53 bits per heavy atom. The van der Waals surface area contributed by atoms with Crippen LogP contribution < -0.4 is 5.32 Å². The van der Waals surface area contributed by atoms with Crippen molar-refractivity contribution in [3.63, 3.8) is 0 Å². The fourth-order valence-electron chi connectivity index (χ4n) is 2.12. The van der Waals surface area contributed by atoms with E-state index in [2.05, 4.69) is 24.1 Å². The van der Waals surface area contributed by atoms with Gasteiger partial charge in [0.25, 0.3) is 0 Å². The number of carbonyl (C=O) groups excluding carboxylic acids is 1. The first-order chi connectivity index (χ1) is 9.02. The molecule has 0 aromatic carbocycles. The van der Waals surface area contributed by atoms with Gasteiger partial charge in [-0.05, 0) is 25.7 Å². The molecule has 1 aliphatic rings. The zero-order chi connectivity index (χ0) is 14.3. The normalized spacial score (nSPS) is 19.6. The lowest BCUT2D eigenvalue weighted by atomic mass is 10.1. The van der Waals surface area contributed by atoms with E-state index in [-0.39, 0.29) is 24.7 Å². The third-order valence-electron chi connectivity index (χ3n) is 3.74. The zero-order valence-corrected chi connectivity index (χ0v) is 12.4. The van der Waals surface area contributed by atoms with Gasteiger partial charge in [0.1, 0.15) is 0 Å². The zero-order valence-electron chi connectivity index (χ0n) is 12.4. The van der Waals surface area contributed by atoms with E-state index < -0.39 is 0 Å². The van der Waals surface area contributed by atoms with Gasteiger partial charge in [0, 0.05) is 19.1 Å². The van der Waals surface area contributed by atoms with Gasteiger partial charge >= 0.3 is 0 Å². The fourth-order valence-corrected chi connectivity index (χ4v) is 2.12.